The monoisotopic (exact) mass is 359 g/mol. The molecule has 6 nitrogen and oxygen atoms in total. The van der Waals surface area contributed by atoms with E-state index >= 15 is 0 Å². The van der Waals surface area contributed by atoms with Gasteiger partial charge < -0.3 is 9.73 Å². The molecule has 2 aromatic rings. The maximum atomic E-state index is 11.6. The molecular formula is C18H21N3O3S. The van der Waals surface area contributed by atoms with Crippen LogP contribution in [0.25, 0.3) is 11.5 Å². The summed E-state index contributed by atoms with van der Waals surface area (Å²) in [5.74, 6) is 0.788. The van der Waals surface area contributed by atoms with E-state index in [0.717, 1.165) is 5.56 Å². The molecule has 0 saturated carbocycles. The fourth-order valence-electron chi connectivity index (χ4n) is 2.82. The number of aromatic nitrogens is 1. The highest BCUT2D eigenvalue weighted by Crippen LogP contribution is 2.29. The van der Waals surface area contributed by atoms with Gasteiger partial charge in [0.2, 0.25) is 17.5 Å². The molecule has 1 aromatic carbocycles. The second kappa shape index (κ2) is 6.19. The Labute approximate surface area is 147 Å². The van der Waals surface area contributed by atoms with Crippen LogP contribution in [0.2, 0.25) is 0 Å². The van der Waals surface area contributed by atoms with Gasteiger partial charge in [-0.2, -0.15) is 10.2 Å². The second-order valence-electron chi connectivity index (χ2n) is 7.38. The standard InChI is InChI=1S/C18H21N3O3S/c1-18(2,3)13-6-4-12(5-7-13)16-21-15(10-19)17(24-16)20-14-8-9-25(22,23)11-14/h4-7,14,20H,8-9,11H2,1-3H3/t14-/m1/s1. The molecule has 0 unspecified atom stereocenters. The number of nitriles is 1. The summed E-state index contributed by atoms with van der Waals surface area (Å²) < 4.78 is 28.9. The van der Waals surface area contributed by atoms with Crippen molar-refractivity contribution in [3.05, 3.63) is 35.5 Å². The molecule has 3 rings (SSSR count). The average Bonchev–Trinajstić information content (AvgIpc) is 3.10. The van der Waals surface area contributed by atoms with Gasteiger partial charge in [0, 0.05) is 11.6 Å². The van der Waals surface area contributed by atoms with Gasteiger partial charge in [0.15, 0.2) is 9.84 Å². The second-order valence-corrected chi connectivity index (χ2v) is 9.61. The summed E-state index contributed by atoms with van der Waals surface area (Å²) in [5.41, 5.74) is 2.15. The largest absolute Gasteiger partial charge is 0.419 e. The van der Waals surface area contributed by atoms with E-state index in [4.69, 9.17) is 4.42 Å². The van der Waals surface area contributed by atoms with E-state index in [1.165, 1.54) is 5.56 Å². The molecule has 7 heteroatoms. The lowest BCUT2D eigenvalue weighted by Crippen LogP contribution is -2.20. The van der Waals surface area contributed by atoms with Gasteiger partial charge in [-0.1, -0.05) is 32.9 Å². The molecule has 1 aromatic heterocycles. The van der Waals surface area contributed by atoms with Crippen molar-refractivity contribution in [2.24, 2.45) is 0 Å². The van der Waals surface area contributed by atoms with E-state index in [2.05, 4.69) is 31.1 Å². The summed E-state index contributed by atoms with van der Waals surface area (Å²) in [4.78, 5) is 4.23. The molecule has 1 atom stereocenters. The number of rotatable bonds is 3. The van der Waals surface area contributed by atoms with Gasteiger partial charge in [0.05, 0.1) is 11.5 Å². The van der Waals surface area contributed by atoms with E-state index in [0.29, 0.717) is 12.3 Å². The van der Waals surface area contributed by atoms with Crippen LogP contribution >= 0.6 is 0 Å². The minimum Gasteiger partial charge on any atom is -0.419 e. The van der Waals surface area contributed by atoms with Crippen molar-refractivity contribution in [2.75, 3.05) is 16.8 Å². The van der Waals surface area contributed by atoms with Crippen molar-refractivity contribution in [3.8, 4) is 17.5 Å². The average molecular weight is 359 g/mol. The third kappa shape index (κ3) is 3.85. The quantitative estimate of drug-likeness (QED) is 0.904. The van der Waals surface area contributed by atoms with Crippen LogP contribution in [0.15, 0.2) is 28.7 Å². The number of nitrogens with zero attached hydrogens (tertiary/aromatic N) is 2. The molecule has 0 bridgehead atoms. The first-order valence-corrected chi connectivity index (χ1v) is 9.99. The number of hydrogen-bond acceptors (Lipinski definition) is 6. The van der Waals surface area contributed by atoms with E-state index in [1.54, 1.807) is 0 Å². The molecule has 1 aliphatic rings. The molecule has 25 heavy (non-hydrogen) atoms. The Morgan fingerprint density at radius 2 is 1.96 bits per heavy atom. The molecule has 1 aliphatic heterocycles. The molecule has 132 valence electrons. The number of nitrogens with one attached hydrogen (secondary N) is 1. The lowest BCUT2D eigenvalue weighted by atomic mass is 9.87. The number of oxazole rings is 1. The van der Waals surface area contributed by atoms with E-state index in [-0.39, 0.29) is 34.5 Å². The maximum Gasteiger partial charge on any atom is 0.232 e. The van der Waals surface area contributed by atoms with Crippen molar-refractivity contribution in [1.82, 2.24) is 4.98 Å². The number of hydrogen-bond donors (Lipinski definition) is 1. The smallest absolute Gasteiger partial charge is 0.232 e. The van der Waals surface area contributed by atoms with E-state index < -0.39 is 9.84 Å². The lowest BCUT2D eigenvalue weighted by molar-refractivity contribution is 0.574. The molecule has 0 radical (unpaired) electrons. The van der Waals surface area contributed by atoms with Gasteiger partial charge in [0.25, 0.3) is 0 Å². The van der Waals surface area contributed by atoms with Crippen molar-refractivity contribution < 1.29 is 12.8 Å². The summed E-state index contributed by atoms with van der Waals surface area (Å²) >= 11 is 0. The van der Waals surface area contributed by atoms with Gasteiger partial charge in [-0.15, -0.1) is 0 Å². The van der Waals surface area contributed by atoms with Gasteiger partial charge in [-0.25, -0.2) is 8.42 Å². The SMILES string of the molecule is CC(C)(C)c1ccc(-c2nc(C#N)c(N[C@@H]3CCS(=O)(=O)C3)o2)cc1. The Balaban J connectivity index is 1.84. The highest BCUT2D eigenvalue weighted by atomic mass is 32.2. The summed E-state index contributed by atoms with van der Waals surface area (Å²) in [6, 6.07) is 9.61. The zero-order valence-electron chi connectivity index (χ0n) is 14.5. The molecule has 1 N–H and O–H groups in total. The summed E-state index contributed by atoms with van der Waals surface area (Å²) in [5, 5.41) is 12.3. The van der Waals surface area contributed by atoms with Gasteiger partial charge >= 0.3 is 0 Å². The normalized spacial score (nSPS) is 19.5. The van der Waals surface area contributed by atoms with Crippen LogP contribution in [0.3, 0.4) is 0 Å². The first kappa shape index (κ1) is 17.5. The molecule has 2 heterocycles. The Kier molecular flexibility index (Phi) is 4.33. The minimum absolute atomic E-state index is 0.0492. The first-order valence-electron chi connectivity index (χ1n) is 8.17. The summed E-state index contributed by atoms with van der Waals surface area (Å²) in [6.07, 6.45) is 0.503. The molecule has 0 aliphatic carbocycles. The van der Waals surface area contributed by atoms with Crippen LogP contribution in [0, 0.1) is 11.3 Å². The lowest BCUT2D eigenvalue weighted by Gasteiger charge is -2.18. The molecular weight excluding hydrogens is 338 g/mol. The third-order valence-electron chi connectivity index (χ3n) is 4.30. The fraction of sp³-hybridized carbons (Fsp3) is 0.444. The predicted octanol–water partition coefficient (Wildman–Crippen LogP) is 3.11. The Morgan fingerprint density at radius 3 is 2.48 bits per heavy atom. The van der Waals surface area contributed by atoms with E-state index in [1.807, 2.05) is 30.3 Å². The maximum absolute atomic E-state index is 11.6. The Hall–Kier alpha value is -2.33. The number of sulfone groups is 1. The van der Waals surface area contributed by atoms with E-state index in [9.17, 15) is 13.7 Å². The molecule has 1 saturated heterocycles. The Bertz CT molecular complexity index is 916. The van der Waals surface area contributed by atoms with Crippen LogP contribution in [0.1, 0.15) is 38.4 Å². The van der Waals surface area contributed by atoms with Gasteiger partial charge in [-0.05, 0) is 29.5 Å². The molecule has 1 fully saturated rings. The Morgan fingerprint density at radius 1 is 1.28 bits per heavy atom. The summed E-state index contributed by atoms with van der Waals surface area (Å²) in [6.45, 7) is 6.41. The zero-order chi connectivity index (χ0) is 18.2. The topological polar surface area (TPSA) is 96.0 Å². The third-order valence-corrected chi connectivity index (χ3v) is 6.07. The van der Waals surface area contributed by atoms with Crippen molar-refractivity contribution in [1.29, 1.82) is 5.26 Å². The van der Waals surface area contributed by atoms with Crippen LogP contribution in [0.4, 0.5) is 5.88 Å². The highest BCUT2D eigenvalue weighted by molar-refractivity contribution is 7.91. The van der Waals surface area contributed by atoms with Crippen molar-refractivity contribution in [3.63, 3.8) is 0 Å². The van der Waals surface area contributed by atoms with Crippen molar-refractivity contribution >= 4 is 15.7 Å². The van der Waals surface area contributed by atoms with Gasteiger partial charge in [-0.3, -0.25) is 0 Å². The zero-order valence-corrected chi connectivity index (χ0v) is 15.4. The number of benzene rings is 1. The predicted molar refractivity (Wildman–Crippen MR) is 96.0 cm³/mol. The van der Waals surface area contributed by atoms with Crippen LogP contribution in [0.5, 0.6) is 0 Å². The summed E-state index contributed by atoms with van der Waals surface area (Å²) in [7, 11) is -3.01. The fourth-order valence-corrected chi connectivity index (χ4v) is 4.50. The van der Waals surface area contributed by atoms with Gasteiger partial charge in [0.1, 0.15) is 6.07 Å². The minimum atomic E-state index is -3.01. The van der Waals surface area contributed by atoms with Crippen LogP contribution in [-0.4, -0.2) is 30.9 Å². The van der Waals surface area contributed by atoms with Crippen LogP contribution in [-0.2, 0) is 15.3 Å². The first-order chi connectivity index (χ1) is 11.7. The molecule has 0 spiro atoms. The van der Waals surface area contributed by atoms with Crippen molar-refractivity contribution in [2.45, 2.75) is 38.6 Å². The highest BCUT2D eigenvalue weighted by Gasteiger charge is 2.29. The molecule has 0 amide bonds. The van der Waals surface area contributed by atoms with Crippen LogP contribution < -0.4 is 5.32 Å². The number of anilines is 1.